The van der Waals surface area contributed by atoms with Crippen LogP contribution >= 0.6 is 0 Å². The van der Waals surface area contributed by atoms with E-state index in [9.17, 15) is 9.59 Å². The Labute approximate surface area is 108 Å². The summed E-state index contributed by atoms with van der Waals surface area (Å²) in [6, 6.07) is -0.303. The van der Waals surface area contributed by atoms with Crippen LogP contribution in [0.2, 0.25) is 0 Å². The van der Waals surface area contributed by atoms with Crippen LogP contribution < -0.4 is 0 Å². The number of carboxylic acids is 1. The lowest BCUT2D eigenvalue weighted by Gasteiger charge is -2.27. The Morgan fingerprint density at radius 3 is 2.50 bits per heavy atom. The van der Waals surface area contributed by atoms with Crippen LogP contribution in [-0.2, 0) is 4.79 Å². The third kappa shape index (κ3) is 4.28. The molecule has 2 amide bonds. The van der Waals surface area contributed by atoms with Crippen LogP contribution in [0.3, 0.4) is 0 Å². The maximum Gasteiger partial charge on any atom is 0.323 e. The van der Waals surface area contributed by atoms with Crippen molar-refractivity contribution >= 4 is 12.0 Å². The van der Waals surface area contributed by atoms with Crippen LogP contribution in [0.5, 0.6) is 0 Å². The van der Waals surface area contributed by atoms with Gasteiger partial charge in [-0.15, -0.1) is 6.42 Å². The maximum atomic E-state index is 12.0. The van der Waals surface area contributed by atoms with E-state index in [1.807, 2.05) is 0 Å². The van der Waals surface area contributed by atoms with Crippen LogP contribution in [0.15, 0.2) is 0 Å². The molecule has 100 valence electrons. The van der Waals surface area contributed by atoms with E-state index in [1.165, 1.54) is 17.7 Å². The van der Waals surface area contributed by atoms with Crippen molar-refractivity contribution in [3.05, 3.63) is 0 Å². The summed E-state index contributed by atoms with van der Waals surface area (Å²) < 4.78 is 0. The summed E-state index contributed by atoms with van der Waals surface area (Å²) in [5, 5.41) is 8.74. The van der Waals surface area contributed by atoms with E-state index in [0.29, 0.717) is 12.5 Å². The molecule has 0 spiro atoms. The van der Waals surface area contributed by atoms with Crippen molar-refractivity contribution < 1.29 is 14.7 Å². The highest BCUT2D eigenvalue weighted by Crippen LogP contribution is 2.25. The second-order valence-electron chi connectivity index (χ2n) is 4.77. The lowest BCUT2D eigenvalue weighted by molar-refractivity contribution is -0.137. The Kier molecular flexibility index (Phi) is 5.50. The van der Waals surface area contributed by atoms with Crippen LogP contribution in [0, 0.1) is 18.3 Å². The van der Waals surface area contributed by atoms with Crippen LogP contribution in [-0.4, -0.2) is 53.6 Å². The summed E-state index contributed by atoms with van der Waals surface area (Å²) in [4.78, 5) is 25.5. The van der Waals surface area contributed by atoms with E-state index in [2.05, 4.69) is 5.92 Å². The van der Waals surface area contributed by atoms with E-state index in [-0.39, 0.29) is 19.1 Å². The number of terminal acetylenes is 1. The first kappa shape index (κ1) is 14.4. The fourth-order valence-corrected chi connectivity index (χ4v) is 2.36. The molecule has 0 saturated heterocycles. The van der Waals surface area contributed by atoms with Gasteiger partial charge in [-0.3, -0.25) is 4.79 Å². The van der Waals surface area contributed by atoms with E-state index >= 15 is 0 Å². The van der Waals surface area contributed by atoms with Crippen molar-refractivity contribution in [2.75, 3.05) is 26.7 Å². The van der Waals surface area contributed by atoms with Gasteiger partial charge in [-0.1, -0.05) is 18.8 Å². The van der Waals surface area contributed by atoms with Gasteiger partial charge in [0, 0.05) is 13.6 Å². The van der Waals surface area contributed by atoms with Gasteiger partial charge in [0.05, 0.1) is 6.54 Å². The zero-order valence-electron chi connectivity index (χ0n) is 10.8. The molecule has 0 unspecified atom stereocenters. The molecule has 0 radical (unpaired) electrons. The van der Waals surface area contributed by atoms with Crippen molar-refractivity contribution in [3.63, 3.8) is 0 Å². The van der Waals surface area contributed by atoms with Crippen LogP contribution in [0.4, 0.5) is 4.79 Å². The van der Waals surface area contributed by atoms with E-state index in [0.717, 1.165) is 12.8 Å². The smallest absolute Gasteiger partial charge is 0.323 e. The number of hydrogen-bond acceptors (Lipinski definition) is 2. The normalized spacial score (nSPS) is 15.1. The molecule has 5 nitrogen and oxygen atoms in total. The fourth-order valence-electron chi connectivity index (χ4n) is 2.36. The van der Waals surface area contributed by atoms with Crippen molar-refractivity contribution in [1.82, 2.24) is 9.80 Å². The predicted molar refractivity (Wildman–Crippen MR) is 68.0 cm³/mol. The summed E-state index contributed by atoms with van der Waals surface area (Å²) in [5.41, 5.74) is 0. The molecular formula is C13H20N2O3. The minimum Gasteiger partial charge on any atom is -0.480 e. The zero-order valence-corrected chi connectivity index (χ0v) is 10.8. The number of aliphatic carboxylic acids is 1. The summed E-state index contributed by atoms with van der Waals surface area (Å²) in [6.07, 6.45) is 9.88. The van der Waals surface area contributed by atoms with E-state index in [4.69, 9.17) is 11.5 Å². The quantitative estimate of drug-likeness (QED) is 0.749. The Hall–Kier alpha value is -1.70. The molecule has 18 heavy (non-hydrogen) atoms. The first-order chi connectivity index (χ1) is 8.54. The molecule has 0 aliphatic heterocycles. The number of amides is 2. The lowest BCUT2D eigenvalue weighted by Crippen LogP contribution is -2.45. The lowest BCUT2D eigenvalue weighted by atomic mass is 10.1. The Morgan fingerprint density at radius 1 is 1.39 bits per heavy atom. The number of rotatable bonds is 5. The molecule has 0 aromatic heterocycles. The number of carbonyl (C=O) groups is 2. The molecule has 0 aromatic carbocycles. The highest BCUT2D eigenvalue weighted by atomic mass is 16.4. The molecule has 1 rings (SSSR count). The van der Waals surface area contributed by atoms with E-state index in [1.54, 1.807) is 11.9 Å². The summed E-state index contributed by atoms with van der Waals surface area (Å²) >= 11 is 0. The molecular weight excluding hydrogens is 232 g/mol. The third-order valence-corrected chi connectivity index (χ3v) is 3.21. The number of carbonyl (C=O) groups excluding carboxylic acids is 1. The second kappa shape index (κ2) is 6.90. The van der Waals surface area contributed by atoms with Crippen molar-refractivity contribution in [1.29, 1.82) is 0 Å². The number of hydrogen-bond donors (Lipinski definition) is 1. The molecule has 1 fully saturated rings. The Balaban J connectivity index is 2.52. The standard InChI is InChI=1S/C13H20N2O3/c1-3-8-15(10-12(16)17)13(18)14(2)9-11-6-4-5-7-11/h1,11H,4-10H2,2H3,(H,16,17). The van der Waals surface area contributed by atoms with Gasteiger partial charge in [0.2, 0.25) is 0 Å². The largest absolute Gasteiger partial charge is 0.480 e. The summed E-state index contributed by atoms with van der Waals surface area (Å²) in [6.45, 7) is 0.359. The van der Waals surface area contributed by atoms with Gasteiger partial charge in [-0.25, -0.2) is 4.79 Å². The Bertz CT molecular complexity index is 343. The highest BCUT2D eigenvalue weighted by molar-refractivity contribution is 5.80. The molecule has 0 bridgehead atoms. The predicted octanol–water partition coefficient (Wildman–Crippen LogP) is 1.25. The minimum atomic E-state index is -1.05. The van der Waals surface area contributed by atoms with Crippen LogP contribution in [0.1, 0.15) is 25.7 Å². The molecule has 5 heteroatoms. The van der Waals surface area contributed by atoms with Gasteiger partial charge in [0.25, 0.3) is 0 Å². The van der Waals surface area contributed by atoms with Gasteiger partial charge in [0.1, 0.15) is 6.54 Å². The van der Waals surface area contributed by atoms with Crippen LogP contribution in [0.25, 0.3) is 0 Å². The first-order valence-electron chi connectivity index (χ1n) is 6.20. The SMILES string of the molecule is C#CCN(CC(=O)O)C(=O)N(C)CC1CCCC1. The maximum absolute atomic E-state index is 12.0. The number of urea groups is 1. The molecule has 1 N–H and O–H groups in total. The average molecular weight is 252 g/mol. The molecule has 0 heterocycles. The van der Waals surface area contributed by atoms with Crippen molar-refractivity contribution in [2.45, 2.75) is 25.7 Å². The summed E-state index contributed by atoms with van der Waals surface area (Å²) in [5.74, 6) is 1.81. The summed E-state index contributed by atoms with van der Waals surface area (Å²) in [7, 11) is 1.70. The highest BCUT2D eigenvalue weighted by Gasteiger charge is 2.23. The van der Waals surface area contributed by atoms with E-state index < -0.39 is 5.97 Å². The third-order valence-electron chi connectivity index (χ3n) is 3.21. The van der Waals surface area contributed by atoms with Gasteiger partial charge in [-0.05, 0) is 18.8 Å². The van der Waals surface area contributed by atoms with Gasteiger partial charge < -0.3 is 14.9 Å². The molecule has 0 atom stereocenters. The second-order valence-corrected chi connectivity index (χ2v) is 4.77. The molecule has 0 aromatic rings. The van der Waals surface area contributed by atoms with Gasteiger partial charge >= 0.3 is 12.0 Å². The van der Waals surface area contributed by atoms with Crippen molar-refractivity contribution in [3.8, 4) is 12.3 Å². The van der Waals surface area contributed by atoms with Crippen molar-refractivity contribution in [2.24, 2.45) is 5.92 Å². The average Bonchev–Trinajstić information content (AvgIpc) is 2.79. The molecule has 1 aliphatic rings. The molecule has 1 aliphatic carbocycles. The number of carboxylic acid groups (broad SMARTS) is 1. The Morgan fingerprint density at radius 2 is 2.00 bits per heavy atom. The fraction of sp³-hybridized carbons (Fsp3) is 0.692. The minimum absolute atomic E-state index is 0.0279. The zero-order chi connectivity index (χ0) is 13.5. The topological polar surface area (TPSA) is 60.9 Å². The van der Waals surface area contributed by atoms with Gasteiger partial charge in [0.15, 0.2) is 0 Å². The first-order valence-corrected chi connectivity index (χ1v) is 6.20. The molecule has 1 saturated carbocycles. The number of nitrogens with zero attached hydrogens (tertiary/aromatic N) is 2. The monoisotopic (exact) mass is 252 g/mol. The van der Waals surface area contributed by atoms with Gasteiger partial charge in [-0.2, -0.15) is 0 Å².